The van der Waals surface area contributed by atoms with E-state index in [2.05, 4.69) is 24.1 Å². The number of thiazole rings is 1. The van der Waals surface area contributed by atoms with E-state index in [1.807, 2.05) is 17.5 Å². The van der Waals surface area contributed by atoms with Crippen molar-refractivity contribution in [3.05, 3.63) is 34.1 Å². The van der Waals surface area contributed by atoms with Gasteiger partial charge in [-0.2, -0.15) is 0 Å². The molecule has 0 aromatic carbocycles. The summed E-state index contributed by atoms with van der Waals surface area (Å²) < 4.78 is 6.67. The van der Waals surface area contributed by atoms with E-state index in [-0.39, 0.29) is 5.56 Å². The summed E-state index contributed by atoms with van der Waals surface area (Å²) in [5, 5.41) is 6.05. The molecule has 2 aromatic heterocycles. The number of methoxy groups -OCH3 is 1. The summed E-state index contributed by atoms with van der Waals surface area (Å²) in [4.78, 5) is 16.9. The molecule has 0 aliphatic carbocycles. The van der Waals surface area contributed by atoms with Crippen molar-refractivity contribution in [3.63, 3.8) is 0 Å². The first-order valence-corrected chi connectivity index (χ1v) is 7.88. The van der Waals surface area contributed by atoms with Crippen LogP contribution in [0.25, 0.3) is 11.3 Å². The Kier molecular flexibility index (Phi) is 5.52. The fraction of sp³-hybridized carbons (Fsp3) is 0.467. The second kappa shape index (κ2) is 7.38. The predicted molar refractivity (Wildman–Crippen MR) is 87.0 cm³/mol. The lowest BCUT2D eigenvalue weighted by molar-refractivity contribution is 0.186. The van der Waals surface area contributed by atoms with Crippen molar-refractivity contribution in [1.29, 1.82) is 0 Å². The first kappa shape index (κ1) is 15.7. The zero-order valence-electron chi connectivity index (χ0n) is 12.6. The smallest absolute Gasteiger partial charge is 0.260 e. The normalized spacial score (nSPS) is 11.0. The van der Waals surface area contributed by atoms with Crippen LogP contribution in [0, 0.1) is 5.92 Å². The topological polar surface area (TPSA) is 56.1 Å². The number of ether oxygens (including phenoxy) is 1. The molecule has 0 saturated heterocycles. The maximum Gasteiger partial charge on any atom is 0.260 e. The molecular weight excluding hydrogens is 286 g/mol. The Bertz CT molecular complexity index is 634. The van der Waals surface area contributed by atoms with Crippen LogP contribution in [-0.4, -0.2) is 29.8 Å². The van der Waals surface area contributed by atoms with Crippen LogP contribution < -0.4 is 10.9 Å². The first-order chi connectivity index (χ1) is 10.1. The molecule has 0 atom stereocenters. The van der Waals surface area contributed by atoms with Crippen LogP contribution in [0.5, 0.6) is 0 Å². The van der Waals surface area contributed by atoms with Crippen LogP contribution in [0.3, 0.4) is 0 Å². The average molecular weight is 307 g/mol. The number of rotatable bonds is 7. The third kappa shape index (κ3) is 4.15. The van der Waals surface area contributed by atoms with Gasteiger partial charge in [0.2, 0.25) is 0 Å². The van der Waals surface area contributed by atoms with E-state index in [4.69, 9.17) is 4.74 Å². The molecule has 2 rings (SSSR count). The third-order valence-electron chi connectivity index (χ3n) is 3.00. The lowest BCUT2D eigenvalue weighted by Gasteiger charge is -2.06. The summed E-state index contributed by atoms with van der Waals surface area (Å²) in [5.41, 5.74) is 1.32. The van der Waals surface area contributed by atoms with E-state index in [1.54, 1.807) is 17.9 Å². The Hall–Kier alpha value is -1.66. The van der Waals surface area contributed by atoms with Crippen molar-refractivity contribution < 1.29 is 4.74 Å². The van der Waals surface area contributed by atoms with Crippen molar-refractivity contribution >= 4 is 16.5 Å². The monoisotopic (exact) mass is 307 g/mol. The molecule has 0 spiro atoms. The molecule has 21 heavy (non-hydrogen) atoms. The highest BCUT2D eigenvalue weighted by atomic mass is 32.1. The average Bonchev–Trinajstić information content (AvgIpc) is 2.93. The van der Waals surface area contributed by atoms with Crippen LogP contribution in [-0.2, 0) is 11.3 Å². The van der Waals surface area contributed by atoms with Crippen molar-refractivity contribution in [2.45, 2.75) is 20.4 Å². The standard InChI is InChI=1S/C15H21N3O2S/c1-11(2)9-16-15-17-13(10-21-15)12-5-4-6-18(14(12)19)7-8-20-3/h4-6,10-11H,7-9H2,1-3H3,(H,16,17). The Morgan fingerprint density at radius 1 is 1.48 bits per heavy atom. The summed E-state index contributed by atoms with van der Waals surface area (Å²) >= 11 is 1.52. The summed E-state index contributed by atoms with van der Waals surface area (Å²) in [6, 6.07) is 3.68. The van der Waals surface area contributed by atoms with Crippen molar-refractivity contribution in [3.8, 4) is 11.3 Å². The van der Waals surface area contributed by atoms with E-state index in [0.29, 0.717) is 24.6 Å². The lowest BCUT2D eigenvalue weighted by atomic mass is 10.2. The van der Waals surface area contributed by atoms with E-state index in [0.717, 1.165) is 17.4 Å². The minimum absolute atomic E-state index is 0.0322. The van der Waals surface area contributed by atoms with Gasteiger partial charge in [0, 0.05) is 31.8 Å². The number of nitrogens with zero attached hydrogens (tertiary/aromatic N) is 2. The molecule has 0 aliphatic heterocycles. The van der Waals surface area contributed by atoms with Crippen LogP contribution in [0.4, 0.5) is 5.13 Å². The van der Waals surface area contributed by atoms with Gasteiger partial charge >= 0.3 is 0 Å². The van der Waals surface area contributed by atoms with Gasteiger partial charge in [-0.25, -0.2) is 4.98 Å². The molecule has 0 bridgehead atoms. The van der Waals surface area contributed by atoms with E-state index in [1.165, 1.54) is 11.3 Å². The molecule has 0 aliphatic rings. The highest BCUT2D eigenvalue weighted by Crippen LogP contribution is 2.22. The number of aromatic nitrogens is 2. The molecule has 1 N–H and O–H groups in total. The van der Waals surface area contributed by atoms with Gasteiger partial charge in [-0.3, -0.25) is 4.79 Å². The lowest BCUT2D eigenvalue weighted by Crippen LogP contribution is -2.22. The van der Waals surface area contributed by atoms with Crippen molar-refractivity contribution in [1.82, 2.24) is 9.55 Å². The van der Waals surface area contributed by atoms with Crippen LogP contribution in [0.1, 0.15) is 13.8 Å². The molecule has 114 valence electrons. The molecule has 2 heterocycles. The van der Waals surface area contributed by atoms with Gasteiger partial charge < -0.3 is 14.6 Å². The Morgan fingerprint density at radius 2 is 2.29 bits per heavy atom. The summed E-state index contributed by atoms with van der Waals surface area (Å²) in [7, 11) is 1.63. The fourth-order valence-electron chi connectivity index (χ4n) is 1.87. The largest absolute Gasteiger partial charge is 0.383 e. The molecule has 0 fully saturated rings. The van der Waals surface area contributed by atoms with E-state index >= 15 is 0 Å². The molecule has 5 nitrogen and oxygen atoms in total. The Labute approximate surface area is 128 Å². The minimum atomic E-state index is -0.0322. The number of anilines is 1. The Morgan fingerprint density at radius 3 is 3.00 bits per heavy atom. The van der Waals surface area contributed by atoms with Crippen LogP contribution in [0.2, 0.25) is 0 Å². The van der Waals surface area contributed by atoms with Gasteiger partial charge in [-0.15, -0.1) is 11.3 Å². The highest BCUT2D eigenvalue weighted by Gasteiger charge is 2.10. The molecule has 0 radical (unpaired) electrons. The van der Waals surface area contributed by atoms with Gasteiger partial charge in [-0.05, 0) is 18.1 Å². The van der Waals surface area contributed by atoms with E-state index < -0.39 is 0 Å². The molecular formula is C15H21N3O2S. The molecule has 6 heteroatoms. The maximum absolute atomic E-state index is 12.4. The van der Waals surface area contributed by atoms with Gasteiger partial charge in [0.15, 0.2) is 5.13 Å². The zero-order chi connectivity index (χ0) is 15.2. The molecule has 2 aromatic rings. The van der Waals surface area contributed by atoms with Crippen molar-refractivity contribution in [2.24, 2.45) is 5.92 Å². The van der Waals surface area contributed by atoms with Gasteiger partial charge in [0.1, 0.15) is 0 Å². The first-order valence-electron chi connectivity index (χ1n) is 7.00. The number of nitrogens with one attached hydrogen (secondary N) is 1. The second-order valence-corrected chi connectivity index (χ2v) is 6.08. The summed E-state index contributed by atoms with van der Waals surface area (Å²) in [6.45, 7) is 6.23. The molecule has 0 unspecified atom stereocenters. The van der Waals surface area contributed by atoms with E-state index in [9.17, 15) is 4.79 Å². The van der Waals surface area contributed by atoms with Crippen LogP contribution >= 0.6 is 11.3 Å². The third-order valence-corrected chi connectivity index (χ3v) is 3.80. The van der Waals surface area contributed by atoms with Gasteiger partial charge in [-0.1, -0.05) is 13.8 Å². The van der Waals surface area contributed by atoms with Crippen molar-refractivity contribution in [2.75, 3.05) is 25.6 Å². The highest BCUT2D eigenvalue weighted by molar-refractivity contribution is 7.14. The number of pyridine rings is 1. The predicted octanol–water partition coefficient (Wildman–Crippen LogP) is 2.69. The minimum Gasteiger partial charge on any atom is -0.383 e. The number of hydrogen-bond donors (Lipinski definition) is 1. The number of hydrogen-bond acceptors (Lipinski definition) is 5. The molecule has 0 saturated carbocycles. The SMILES string of the molecule is COCCn1cccc(-c2csc(NCC(C)C)n2)c1=O. The van der Waals surface area contributed by atoms with Gasteiger partial charge in [0.25, 0.3) is 5.56 Å². The molecule has 0 amide bonds. The zero-order valence-corrected chi connectivity index (χ0v) is 13.4. The quantitative estimate of drug-likeness (QED) is 0.854. The Balaban J connectivity index is 2.20. The maximum atomic E-state index is 12.4. The summed E-state index contributed by atoms with van der Waals surface area (Å²) in [6.07, 6.45) is 1.77. The van der Waals surface area contributed by atoms with Crippen LogP contribution in [0.15, 0.2) is 28.5 Å². The second-order valence-electron chi connectivity index (χ2n) is 5.23. The van der Waals surface area contributed by atoms with Gasteiger partial charge in [0.05, 0.1) is 17.9 Å². The fourth-order valence-corrected chi connectivity index (χ4v) is 2.59. The summed E-state index contributed by atoms with van der Waals surface area (Å²) in [5.74, 6) is 0.556.